The van der Waals surface area contributed by atoms with E-state index in [2.05, 4.69) is 86.0 Å². The molecule has 2 fully saturated rings. The van der Waals surface area contributed by atoms with E-state index < -0.39 is 0 Å². The van der Waals surface area contributed by atoms with Crippen molar-refractivity contribution in [3.63, 3.8) is 0 Å². The fraction of sp³-hybridized carbons (Fsp3) is 0.500. The Bertz CT molecular complexity index is 953. The smallest absolute Gasteiger partial charge is 0.168 e. The van der Waals surface area contributed by atoms with Gasteiger partial charge in [0, 0.05) is 25.7 Å². The molecule has 0 bridgehead atoms. The van der Waals surface area contributed by atoms with Crippen LogP contribution in [0.5, 0.6) is 0 Å². The van der Waals surface area contributed by atoms with Crippen LogP contribution in [0.2, 0.25) is 0 Å². The van der Waals surface area contributed by atoms with Crippen LogP contribution in [0.4, 0.5) is 0 Å². The number of nitrogens with zero attached hydrogens (tertiary/aromatic N) is 6. The summed E-state index contributed by atoms with van der Waals surface area (Å²) < 4.78 is 2.01. The second-order valence-corrected chi connectivity index (χ2v) is 9.23. The van der Waals surface area contributed by atoms with Gasteiger partial charge in [-0.3, -0.25) is 9.80 Å². The molecule has 0 amide bonds. The second-order valence-electron chi connectivity index (χ2n) is 9.23. The van der Waals surface area contributed by atoms with E-state index in [1.807, 2.05) is 4.68 Å². The maximum absolute atomic E-state index is 4.56. The van der Waals surface area contributed by atoms with Crippen molar-refractivity contribution in [2.75, 3.05) is 26.2 Å². The van der Waals surface area contributed by atoms with E-state index in [1.165, 1.54) is 43.4 Å². The number of hydrogen-bond acceptors (Lipinski definition) is 5. The molecule has 0 radical (unpaired) electrons. The maximum atomic E-state index is 4.56. The molecular weight excluding hydrogens is 396 g/mol. The predicted molar refractivity (Wildman–Crippen MR) is 126 cm³/mol. The first kappa shape index (κ1) is 21.3. The highest BCUT2D eigenvalue weighted by molar-refractivity contribution is 5.17. The molecule has 1 unspecified atom stereocenters. The molecule has 5 rings (SSSR count). The van der Waals surface area contributed by atoms with Crippen LogP contribution >= 0.6 is 0 Å². The van der Waals surface area contributed by atoms with E-state index in [1.54, 1.807) is 0 Å². The minimum absolute atomic E-state index is 0.232. The molecule has 2 aliphatic rings. The quantitative estimate of drug-likeness (QED) is 0.542. The van der Waals surface area contributed by atoms with Crippen molar-refractivity contribution in [2.45, 2.75) is 57.2 Å². The Morgan fingerprint density at radius 1 is 0.812 bits per heavy atom. The molecule has 1 saturated carbocycles. The number of rotatable bonds is 8. The summed E-state index contributed by atoms with van der Waals surface area (Å²) in [4.78, 5) is 5.37. The van der Waals surface area contributed by atoms with Gasteiger partial charge in [-0.1, -0.05) is 67.1 Å². The number of hydrogen-bond donors (Lipinski definition) is 0. The molecule has 6 heteroatoms. The molecular formula is C26H34N6. The Labute approximate surface area is 191 Å². The molecule has 0 N–H and O–H groups in total. The van der Waals surface area contributed by atoms with Crippen molar-refractivity contribution in [2.24, 2.45) is 0 Å². The zero-order valence-electron chi connectivity index (χ0n) is 18.9. The van der Waals surface area contributed by atoms with Gasteiger partial charge in [0.1, 0.15) is 0 Å². The summed E-state index contributed by atoms with van der Waals surface area (Å²) in [6, 6.07) is 22.4. The molecule has 2 heterocycles. The Morgan fingerprint density at radius 2 is 1.56 bits per heavy atom. The van der Waals surface area contributed by atoms with E-state index >= 15 is 0 Å². The van der Waals surface area contributed by atoms with Crippen molar-refractivity contribution < 1.29 is 0 Å². The lowest BCUT2D eigenvalue weighted by Gasteiger charge is -2.37. The lowest BCUT2D eigenvalue weighted by atomic mass is 9.91. The molecule has 1 saturated heterocycles. The molecule has 2 aromatic carbocycles. The molecule has 0 spiro atoms. The highest BCUT2D eigenvalue weighted by Gasteiger charge is 2.31. The number of aromatic nitrogens is 4. The van der Waals surface area contributed by atoms with Crippen molar-refractivity contribution in [1.82, 2.24) is 30.0 Å². The summed E-state index contributed by atoms with van der Waals surface area (Å²) in [5.41, 5.74) is 2.61. The Kier molecular flexibility index (Phi) is 6.89. The first-order valence-electron chi connectivity index (χ1n) is 12.2. The monoisotopic (exact) mass is 430 g/mol. The Morgan fingerprint density at radius 3 is 2.28 bits per heavy atom. The summed E-state index contributed by atoms with van der Waals surface area (Å²) in [5.74, 6) is 1.00. The zero-order chi connectivity index (χ0) is 21.6. The molecule has 1 aliphatic carbocycles. The third-order valence-electron chi connectivity index (χ3n) is 7.18. The van der Waals surface area contributed by atoms with E-state index in [4.69, 9.17) is 0 Å². The van der Waals surface area contributed by atoms with Crippen LogP contribution in [-0.2, 0) is 13.0 Å². The topological polar surface area (TPSA) is 50.1 Å². The van der Waals surface area contributed by atoms with Crippen LogP contribution in [0.1, 0.15) is 55.1 Å². The van der Waals surface area contributed by atoms with Gasteiger partial charge in [-0.15, -0.1) is 5.10 Å². The van der Waals surface area contributed by atoms with Crippen LogP contribution in [0.15, 0.2) is 60.7 Å². The zero-order valence-corrected chi connectivity index (χ0v) is 18.9. The summed E-state index contributed by atoms with van der Waals surface area (Å²) in [6.07, 6.45) is 7.45. The summed E-state index contributed by atoms with van der Waals surface area (Å²) in [5, 5.41) is 13.1. The van der Waals surface area contributed by atoms with Crippen LogP contribution < -0.4 is 0 Å². The Hall–Kier alpha value is -2.57. The van der Waals surface area contributed by atoms with Gasteiger partial charge in [-0.2, -0.15) is 0 Å². The number of benzene rings is 2. The molecule has 3 aromatic rings. The SMILES string of the molecule is c1ccc(CCC(c2nnnn2Cc2ccccc2)N2CCCN(C3CCC3)CC2)cc1. The third kappa shape index (κ3) is 5.08. The first-order valence-corrected chi connectivity index (χ1v) is 12.2. The van der Waals surface area contributed by atoms with Crippen molar-refractivity contribution in [3.05, 3.63) is 77.6 Å². The molecule has 32 heavy (non-hydrogen) atoms. The highest BCUT2D eigenvalue weighted by atomic mass is 15.5. The van der Waals surface area contributed by atoms with Crippen LogP contribution in [-0.4, -0.2) is 62.2 Å². The minimum Gasteiger partial charge on any atom is -0.299 e. The molecule has 1 aliphatic heterocycles. The molecule has 6 nitrogen and oxygen atoms in total. The van der Waals surface area contributed by atoms with Crippen molar-refractivity contribution >= 4 is 0 Å². The van der Waals surface area contributed by atoms with Gasteiger partial charge in [0.2, 0.25) is 0 Å². The molecule has 168 valence electrons. The average molecular weight is 431 g/mol. The highest BCUT2D eigenvalue weighted by Crippen LogP contribution is 2.29. The maximum Gasteiger partial charge on any atom is 0.168 e. The largest absolute Gasteiger partial charge is 0.299 e. The molecule has 1 aromatic heterocycles. The lowest BCUT2D eigenvalue weighted by molar-refractivity contribution is 0.123. The van der Waals surface area contributed by atoms with Crippen molar-refractivity contribution in [1.29, 1.82) is 0 Å². The normalized spacial score (nSPS) is 19.4. The standard InChI is InChI=1S/C26H34N6/c1-3-9-22(10-4-1)15-16-25(31-18-8-17-30(19-20-31)24-13-7-14-24)26-27-28-29-32(26)21-23-11-5-2-6-12-23/h1-6,9-12,24-25H,7-8,13-21H2. The van der Waals surface area contributed by atoms with Gasteiger partial charge >= 0.3 is 0 Å². The van der Waals surface area contributed by atoms with E-state index in [0.717, 1.165) is 44.3 Å². The summed E-state index contributed by atoms with van der Waals surface area (Å²) in [6.45, 7) is 5.30. The lowest BCUT2D eigenvalue weighted by Crippen LogP contribution is -2.42. The van der Waals surface area contributed by atoms with Gasteiger partial charge in [-0.05, 0) is 60.2 Å². The van der Waals surface area contributed by atoms with E-state index in [0.29, 0.717) is 6.54 Å². The molecule has 1 atom stereocenters. The third-order valence-corrected chi connectivity index (χ3v) is 7.18. The fourth-order valence-electron chi connectivity index (χ4n) is 5.13. The summed E-state index contributed by atoms with van der Waals surface area (Å²) >= 11 is 0. The Balaban J connectivity index is 1.35. The van der Waals surface area contributed by atoms with Gasteiger partial charge in [0.05, 0.1) is 12.6 Å². The van der Waals surface area contributed by atoms with E-state index in [-0.39, 0.29) is 6.04 Å². The van der Waals surface area contributed by atoms with Crippen molar-refractivity contribution in [3.8, 4) is 0 Å². The van der Waals surface area contributed by atoms with Crippen LogP contribution in [0, 0.1) is 0 Å². The van der Waals surface area contributed by atoms with Crippen LogP contribution in [0.3, 0.4) is 0 Å². The predicted octanol–water partition coefficient (Wildman–Crippen LogP) is 3.96. The average Bonchev–Trinajstić information content (AvgIpc) is 3.11. The van der Waals surface area contributed by atoms with Gasteiger partial charge < -0.3 is 0 Å². The van der Waals surface area contributed by atoms with Gasteiger partial charge in [-0.25, -0.2) is 4.68 Å². The summed E-state index contributed by atoms with van der Waals surface area (Å²) in [7, 11) is 0. The first-order chi connectivity index (χ1) is 15.9. The number of aryl methyl sites for hydroxylation is 1. The van der Waals surface area contributed by atoms with Gasteiger partial charge in [0.25, 0.3) is 0 Å². The fourth-order valence-corrected chi connectivity index (χ4v) is 5.13. The number of tetrazole rings is 1. The minimum atomic E-state index is 0.232. The van der Waals surface area contributed by atoms with E-state index in [9.17, 15) is 0 Å². The van der Waals surface area contributed by atoms with Crippen LogP contribution in [0.25, 0.3) is 0 Å². The van der Waals surface area contributed by atoms with Gasteiger partial charge in [0.15, 0.2) is 5.82 Å². The second kappa shape index (κ2) is 10.4.